The van der Waals surface area contributed by atoms with Crippen LogP contribution in [-0.2, 0) is 4.74 Å². The fourth-order valence-corrected chi connectivity index (χ4v) is 2.97. The highest BCUT2D eigenvalue weighted by Crippen LogP contribution is 2.37. The average Bonchev–Trinajstić information content (AvgIpc) is 2.78. The Bertz CT molecular complexity index is 662. The van der Waals surface area contributed by atoms with Crippen molar-refractivity contribution in [1.82, 2.24) is 0 Å². The number of aliphatic imine (C=N–C) groups is 1. The monoisotopic (exact) mass is 305 g/mol. The molecular formula is C16H13Cl2NO. The topological polar surface area (TPSA) is 21.6 Å². The second kappa shape index (κ2) is 5.47. The molecule has 3 rings (SSSR count). The quantitative estimate of drug-likeness (QED) is 0.775. The molecule has 1 aliphatic heterocycles. The Morgan fingerprint density at radius 1 is 1.10 bits per heavy atom. The molecule has 102 valence electrons. The van der Waals surface area contributed by atoms with Crippen LogP contribution in [0.15, 0.2) is 47.5 Å². The molecule has 0 bridgehead atoms. The molecule has 0 spiro atoms. The molecule has 0 N–H and O–H groups in total. The number of rotatable bonds is 2. The molecular weight excluding hydrogens is 293 g/mol. The lowest BCUT2D eigenvalue weighted by Gasteiger charge is -2.10. The van der Waals surface area contributed by atoms with Crippen molar-refractivity contribution in [1.29, 1.82) is 0 Å². The Balaban J connectivity index is 2.10. The van der Waals surface area contributed by atoms with Gasteiger partial charge in [0.25, 0.3) is 0 Å². The van der Waals surface area contributed by atoms with E-state index in [0.29, 0.717) is 22.5 Å². The Morgan fingerprint density at radius 3 is 2.50 bits per heavy atom. The second-order valence-electron chi connectivity index (χ2n) is 4.56. The van der Waals surface area contributed by atoms with Gasteiger partial charge in [0, 0.05) is 15.6 Å². The minimum atomic E-state index is -0.107. The van der Waals surface area contributed by atoms with Gasteiger partial charge in [0.2, 0.25) is 5.90 Å². The van der Waals surface area contributed by atoms with Crippen molar-refractivity contribution >= 4 is 29.1 Å². The van der Waals surface area contributed by atoms with Gasteiger partial charge in [-0.15, -0.1) is 0 Å². The van der Waals surface area contributed by atoms with Crippen LogP contribution in [0.1, 0.15) is 29.7 Å². The maximum absolute atomic E-state index is 6.09. The first-order valence-corrected chi connectivity index (χ1v) is 7.20. The summed E-state index contributed by atoms with van der Waals surface area (Å²) in [6.07, 6.45) is 0. The zero-order chi connectivity index (χ0) is 14.1. The maximum Gasteiger partial charge on any atom is 0.217 e. The summed E-state index contributed by atoms with van der Waals surface area (Å²) >= 11 is 12.2. The van der Waals surface area contributed by atoms with Crippen molar-refractivity contribution in [3.05, 3.63) is 69.2 Å². The molecule has 0 saturated heterocycles. The first-order valence-electron chi connectivity index (χ1n) is 6.45. The zero-order valence-electron chi connectivity index (χ0n) is 10.9. The van der Waals surface area contributed by atoms with Crippen LogP contribution in [0.3, 0.4) is 0 Å². The molecule has 0 aromatic heterocycles. The molecule has 2 aromatic rings. The first kappa shape index (κ1) is 13.5. The van der Waals surface area contributed by atoms with Gasteiger partial charge in [-0.3, -0.25) is 0 Å². The van der Waals surface area contributed by atoms with Crippen LogP contribution in [-0.4, -0.2) is 12.5 Å². The highest BCUT2D eigenvalue weighted by atomic mass is 35.5. The summed E-state index contributed by atoms with van der Waals surface area (Å²) in [6, 6.07) is 13.5. The van der Waals surface area contributed by atoms with E-state index in [2.05, 4.69) is 11.1 Å². The van der Waals surface area contributed by atoms with Crippen LogP contribution >= 0.6 is 23.2 Å². The van der Waals surface area contributed by atoms with Gasteiger partial charge in [0.15, 0.2) is 0 Å². The third-order valence-electron chi connectivity index (χ3n) is 3.21. The van der Waals surface area contributed by atoms with Gasteiger partial charge in [0.1, 0.15) is 6.04 Å². The summed E-state index contributed by atoms with van der Waals surface area (Å²) in [5, 5.41) is 1.23. The second-order valence-corrected chi connectivity index (χ2v) is 5.43. The van der Waals surface area contributed by atoms with Gasteiger partial charge in [-0.05, 0) is 42.3 Å². The minimum absolute atomic E-state index is 0.107. The van der Waals surface area contributed by atoms with Gasteiger partial charge >= 0.3 is 0 Å². The van der Waals surface area contributed by atoms with Crippen LogP contribution in [0, 0.1) is 0 Å². The van der Waals surface area contributed by atoms with Gasteiger partial charge in [-0.25, -0.2) is 4.99 Å². The lowest BCUT2D eigenvalue weighted by atomic mass is 9.98. The van der Waals surface area contributed by atoms with Crippen LogP contribution in [0.4, 0.5) is 0 Å². The number of benzene rings is 2. The molecule has 4 heteroatoms. The van der Waals surface area contributed by atoms with Gasteiger partial charge in [-0.1, -0.05) is 41.4 Å². The number of hydrogen-bond donors (Lipinski definition) is 0. The number of halogens is 2. The SMILES string of the molecule is CCOC1=NC(c2cc(Cl)cc(Cl)c2)c2ccccc21. The molecule has 1 atom stereocenters. The predicted molar refractivity (Wildman–Crippen MR) is 82.9 cm³/mol. The number of nitrogens with zero attached hydrogens (tertiary/aromatic N) is 1. The van der Waals surface area contributed by atoms with Crippen LogP contribution < -0.4 is 0 Å². The minimum Gasteiger partial charge on any atom is -0.478 e. The summed E-state index contributed by atoms with van der Waals surface area (Å²) in [4.78, 5) is 4.68. The summed E-state index contributed by atoms with van der Waals surface area (Å²) in [6.45, 7) is 2.55. The summed E-state index contributed by atoms with van der Waals surface area (Å²) in [7, 11) is 0. The molecule has 0 radical (unpaired) electrons. The van der Waals surface area contributed by atoms with E-state index in [4.69, 9.17) is 27.9 Å². The van der Waals surface area contributed by atoms with Crippen molar-refractivity contribution in [2.24, 2.45) is 4.99 Å². The van der Waals surface area contributed by atoms with Crippen LogP contribution in [0.25, 0.3) is 0 Å². The Morgan fingerprint density at radius 2 is 1.80 bits per heavy atom. The van der Waals surface area contributed by atoms with Gasteiger partial charge in [-0.2, -0.15) is 0 Å². The normalized spacial score (nSPS) is 16.8. The zero-order valence-corrected chi connectivity index (χ0v) is 12.4. The van der Waals surface area contributed by atoms with E-state index in [-0.39, 0.29) is 6.04 Å². The molecule has 2 aromatic carbocycles. The molecule has 0 saturated carbocycles. The Kier molecular flexibility index (Phi) is 3.68. The molecule has 1 unspecified atom stereocenters. The van der Waals surface area contributed by atoms with Crippen molar-refractivity contribution in [2.45, 2.75) is 13.0 Å². The highest BCUT2D eigenvalue weighted by molar-refractivity contribution is 6.34. The first-order chi connectivity index (χ1) is 9.69. The van der Waals surface area contributed by atoms with Crippen molar-refractivity contribution < 1.29 is 4.74 Å². The molecule has 1 heterocycles. The largest absolute Gasteiger partial charge is 0.478 e. The van der Waals surface area contributed by atoms with E-state index in [9.17, 15) is 0 Å². The molecule has 20 heavy (non-hydrogen) atoms. The highest BCUT2D eigenvalue weighted by Gasteiger charge is 2.27. The number of ether oxygens (including phenoxy) is 1. The van der Waals surface area contributed by atoms with E-state index >= 15 is 0 Å². The Hall–Kier alpha value is -1.51. The average molecular weight is 306 g/mol. The van der Waals surface area contributed by atoms with Gasteiger partial charge < -0.3 is 4.74 Å². The third kappa shape index (κ3) is 2.41. The van der Waals surface area contributed by atoms with E-state index in [1.165, 1.54) is 0 Å². The molecule has 1 aliphatic rings. The van der Waals surface area contributed by atoms with Crippen molar-refractivity contribution in [3.8, 4) is 0 Å². The summed E-state index contributed by atoms with van der Waals surface area (Å²) < 4.78 is 5.63. The smallest absolute Gasteiger partial charge is 0.217 e. The fourth-order valence-electron chi connectivity index (χ4n) is 2.43. The van der Waals surface area contributed by atoms with Crippen LogP contribution in [0.2, 0.25) is 10.0 Å². The molecule has 2 nitrogen and oxygen atoms in total. The maximum atomic E-state index is 6.09. The lowest BCUT2D eigenvalue weighted by molar-refractivity contribution is 0.328. The van der Waals surface area contributed by atoms with Crippen molar-refractivity contribution in [2.75, 3.05) is 6.61 Å². The van der Waals surface area contributed by atoms with E-state index in [0.717, 1.165) is 16.7 Å². The standard InChI is InChI=1S/C16H13Cl2NO/c1-2-20-16-14-6-4-3-5-13(14)15(19-16)10-7-11(17)9-12(18)8-10/h3-9,15H,2H2,1H3. The lowest BCUT2D eigenvalue weighted by Crippen LogP contribution is -2.03. The molecule has 0 fully saturated rings. The van der Waals surface area contributed by atoms with Gasteiger partial charge in [0.05, 0.1) is 6.61 Å². The Labute approximate surface area is 128 Å². The summed E-state index contributed by atoms with van der Waals surface area (Å²) in [5.41, 5.74) is 3.13. The molecule has 0 amide bonds. The number of fused-ring (bicyclic) bond motifs is 1. The van der Waals surface area contributed by atoms with E-state index < -0.39 is 0 Å². The predicted octanol–water partition coefficient (Wildman–Crippen LogP) is 4.88. The fraction of sp³-hybridized carbons (Fsp3) is 0.188. The van der Waals surface area contributed by atoms with Crippen molar-refractivity contribution in [3.63, 3.8) is 0 Å². The summed E-state index contributed by atoms with van der Waals surface area (Å²) in [5.74, 6) is 0.684. The van der Waals surface area contributed by atoms with E-state index in [1.54, 1.807) is 6.07 Å². The molecule has 0 aliphatic carbocycles. The number of hydrogen-bond acceptors (Lipinski definition) is 2. The third-order valence-corrected chi connectivity index (χ3v) is 3.65. The van der Waals surface area contributed by atoms with E-state index in [1.807, 2.05) is 37.3 Å². The van der Waals surface area contributed by atoms with Crippen LogP contribution in [0.5, 0.6) is 0 Å².